The van der Waals surface area contributed by atoms with Gasteiger partial charge in [0.05, 0.1) is 12.8 Å². The smallest absolute Gasteiger partial charge is 0.259 e. The maximum absolute atomic E-state index is 11.8. The first-order valence-electron chi connectivity index (χ1n) is 6.70. The van der Waals surface area contributed by atoms with Gasteiger partial charge < -0.3 is 10.4 Å². The van der Waals surface area contributed by atoms with E-state index in [1.165, 1.54) is 18.3 Å². The van der Waals surface area contributed by atoms with Gasteiger partial charge in [0, 0.05) is 16.1 Å². The number of phenols is 1. The largest absolute Gasteiger partial charge is 0.507 e. The van der Waals surface area contributed by atoms with Crippen LogP contribution in [0, 0.1) is 0 Å². The first kappa shape index (κ1) is 16.5. The van der Waals surface area contributed by atoms with Crippen LogP contribution in [0.2, 0.25) is 5.02 Å². The highest BCUT2D eigenvalue weighted by atomic mass is 35.5. The van der Waals surface area contributed by atoms with Crippen LogP contribution in [0.15, 0.2) is 53.6 Å². The minimum Gasteiger partial charge on any atom is -0.507 e. The van der Waals surface area contributed by atoms with Gasteiger partial charge in [0.15, 0.2) is 0 Å². The minimum atomic E-state index is -0.493. The molecule has 118 valence electrons. The molecule has 2 amide bonds. The molecule has 2 aromatic carbocycles. The van der Waals surface area contributed by atoms with Gasteiger partial charge in [0.1, 0.15) is 5.75 Å². The minimum absolute atomic E-state index is 0.0553. The number of benzene rings is 2. The van der Waals surface area contributed by atoms with Crippen molar-refractivity contribution in [2.75, 3.05) is 6.54 Å². The van der Waals surface area contributed by atoms with E-state index in [4.69, 9.17) is 11.6 Å². The third kappa shape index (κ3) is 5.12. The number of nitrogens with one attached hydrogen (secondary N) is 2. The molecular formula is C16H14ClN3O3. The van der Waals surface area contributed by atoms with Gasteiger partial charge in [-0.1, -0.05) is 29.8 Å². The van der Waals surface area contributed by atoms with Gasteiger partial charge in [-0.15, -0.1) is 0 Å². The number of carbonyl (C=O) groups excluding carboxylic acids is 2. The van der Waals surface area contributed by atoms with E-state index in [1.807, 2.05) is 0 Å². The number of nitrogens with zero attached hydrogens (tertiary/aromatic N) is 1. The number of hydrogen-bond donors (Lipinski definition) is 3. The van der Waals surface area contributed by atoms with Crippen LogP contribution in [0.3, 0.4) is 0 Å². The van der Waals surface area contributed by atoms with Crippen LogP contribution >= 0.6 is 11.6 Å². The molecule has 0 heterocycles. The molecule has 0 radical (unpaired) electrons. The van der Waals surface area contributed by atoms with Crippen molar-refractivity contribution in [1.29, 1.82) is 0 Å². The zero-order valence-corrected chi connectivity index (χ0v) is 12.7. The summed E-state index contributed by atoms with van der Waals surface area (Å²) in [6, 6.07) is 13.0. The Balaban J connectivity index is 1.81. The lowest BCUT2D eigenvalue weighted by atomic mass is 10.2. The van der Waals surface area contributed by atoms with E-state index < -0.39 is 11.8 Å². The average Bonchev–Trinajstić information content (AvgIpc) is 2.54. The van der Waals surface area contributed by atoms with Crippen LogP contribution < -0.4 is 10.7 Å². The molecule has 0 saturated heterocycles. The third-order valence-corrected chi connectivity index (χ3v) is 3.06. The van der Waals surface area contributed by atoms with Crippen molar-refractivity contribution in [3.63, 3.8) is 0 Å². The van der Waals surface area contributed by atoms with Crippen LogP contribution in [0.5, 0.6) is 5.75 Å². The Morgan fingerprint density at radius 1 is 1.17 bits per heavy atom. The van der Waals surface area contributed by atoms with Crippen LogP contribution in [-0.2, 0) is 4.79 Å². The Morgan fingerprint density at radius 3 is 2.70 bits per heavy atom. The van der Waals surface area contributed by atoms with Crippen molar-refractivity contribution < 1.29 is 14.7 Å². The van der Waals surface area contributed by atoms with Gasteiger partial charge in [-0.25, -0.2) is 5.43 Å². The summed E-state index contributed by atoms with van der Waals surface area (Å²) in [5.41, 5.74) is 3.09. The second kappa shape index (κ2) is 7.95. The van der Waals surface area contributed by atoms with Crippen molar-refractivity contribution in [1.82, 2.24) is 10.7 Å². The highest BCUT2D eigenvalue weighted by Gasteiger charge is 2.07. The Labute approximate surface area is 137 Å². The van der Waals surface area contributed by atoms with E-state index in [0.717, 1.165) is 0 Å². The lowest BCUT2D eigenvalue weighted by molar-refractivity contribution is -0.120. The second-order valence-corrected chi connectivity index (χ2v) is 4.98. The summed E-state index contributed by atoms with van der Waals surface area (Å²) < 4.78 is 0. The molecule has 6 nitrogen and oxygen atoms in total. The van der Waals surface area contributed by atoms with Gasteiger partial charge in [0.25, 0.3) is 11.8 Å². The molecule has 0 saturated carbocycles. The van der Waals surface area contributed by atoms with Crippen LogP contribution in [0.4, 0.5) is 0 Å². The Kier molecular flexibility index (Phi) is 5.71. The molecule has 0 aromatic heterocycles. The third-order valence-electron chi connectivity index (χ3n) is 2.83. The predicted octanol–water partition coefficient (Wildman–Crippen LogP) is 1.93. The summed E-state index contributed by atoms with van der Waals surface area (Å²) in [7, 11) is 0. The molecular weight excluding hydrogens is 318 g/mol. The zero-order chi connectivity index (χ0) is 16.7. The van der Waals surface area contributed by atoms with Crippen LogP contribution in [-0.4, -0.2) is 29.7 Å². The van der Waals surface area contributed by atoms with E-state index in [9.17, 15) is 14.7 Å². The maximum atomic E-state index is 11.8. The summed E-state index contributed by atoms with van der Waals surface area (Å²) >= 11 is 5.79. The number of carbonyl (C=O) groups is 2. The molecule has 7 heteroatoms. The lowest BCUT2D eigenvalue weighted by Gasteiger charge is -2.04. The number of hydrogen-bond acceptors (Lipinski definition) is 4. The molecule has 0 atom stereocenters. The van der Waals surface area contributed by atoms with E-state index in [1.54, 1.807) is 36.4 Å². The molecule has 0 aliphatic heterocycles. The van der Waals surface area contributed by atoms with Crippen molar-refractivity contribution >= 4 is 29.6 Å². The molecule has 0 aliphatic carbocycles. The Morgan fingerprint density at radius 2 is 1.96 bits per heavy atom. The van der Waals surface area contributed by atoms with Crippen LogP contribution in [0.1, 0.15) is 15.9 Å². The lowest BCUT2D eigenvalue weighted by Crippen LogP contribution is -2.34. The fraction of sp³-hybridized carbons (Fsp3) is 0.0625. The van der Waals surface area contributed by atoms with Gasteiger partial charge in [-0.2, -0.15) is 5.10 Å². The van der Waals surface area contributed by atoms with Crippen molar-refractivity contribution in [2.45, 2.75) is 0 Å². The molecule has 3 N–H and O–H groups in total. The number of phenolic OH excluding ortho intramolecular Hbond substituents is 1. The molecule has 2 rings (SSSR count). The van der Waals surface area contributed by atoms with E-state index in [2.05, 4.69) is 15.8 Å². The maximum Gasteiger partial charge on any atom is 0.259 e. The van der Waals surface area contributed by atoms with Crippen molar-refractivity contribution in [2.24, 2.45) is 5.10 Å². The van der Waals surface area contributed by atoms with E-state index >= 15 is 0 Å². The van der Waals surface area contributed by atoms with Gasteiger partial charge >= 0.3 is 0 Å². The molecule has 0 unspecified atom stereocenters. The van der Waals surface area contributed by atoms with Gasteiger partial charge in [-0.3, -0.25) is 9.59 Å². The number of para-hydroxylation sites is 1. The summed E-state index contributed by atoms with van der Waals surface area (Å²) in [5.74, 6) is -0.848. The summed E-state index contributed by atoms with van der Waals surface area (Å²) in [5, 5.41) is 16.1. The second-order valence-electron chi connectivity index (χ2n) is 4.55. The Bertz CT molecular complexity index is 747. The van der Waals surface area contributed by atoms with Gasteiger partial charge in [-0.05, 0) is 30.3 Å². The van der Waals surface area contributed by atoms with E-state index in [0.29, 0.717) is 16.1 Å². The normalized spacial score (nSPS) is 10.5. The molecule has 0 fully saturated rings. The number of aromatic hydroxyl groups is 1. The highest BCUT2D eigenvalue weighted by Crippen LogP contribution is 2.12. The first-order chi connectivity index (χ1) is 11.1. The fourth-order valence-corrected chi connectivity index (χ4v) is 1.89. The molecule has 0 aliphatic rings. The van der Waals surface area contributed by atoms with E-state index in [-0.39, 0.29) is 12.3 Å². The quantitative estimate of drug-likeness (QED) is 0.577. The van der Waals surface area contributed by atoms with Crippen molar-refractivity contribution in [3.8, 4) is 5.75 Å². The predicted molar refractivity (Wildman–Crippen MR) is 87.6 cm³/mol. The van der Waals surface area contributed by atoms with Gasteiger partial charge in [0.2, 0.25) is 0 Å². The summed E-state index contributed by atoms with van der Waals surface area (Å²) in [4.78, 5) is 23.4. The number of amides is 2. The Hall–Kier alpha value is -2.86. The standard InChI is InChI=1S/C16H14ClN3O3/c17-13-6-3-5-11(8-13)16(23)18-10-15(22)20-19-9-12-4-1-2-7-14(12)21/h1-9,21H,10H2,(H,18,23)(H,20,22)/b19-9-. The van der Waals surface area contributed by atoms with Crippen molar-refractivity contribution in [3.05, 3.63) is 64.7 Å². The average molecular weight is 332 g/mol. The zero-order valence-electron chi connectivity index (χ0n) is 12.0. The number of rotatable bonds is 5. The SMILES string of the molecule is O=C(CNC(=O)c1cccc(Cl)c1)N/N=C\c1ccccc1O. The summed E-state index contributed by atoms with van der Waals surface area (Å²) in [6.45, 7) is -0.233. The topological polar surface area (TPSA) is 90.8 Å². The molecule has 2 aromatic rings. The molecule has 0 spiro atoms. The number of halogens is 1. The number of hydrazone groups is 1. The highest BCUT2D eigenvalue weighted by molar-refractivity contribution is 6.30. The van der Waals surface area contributed by atoms with Crippen LogP contribution in [0.25, 0.3) is 0 Å². The fourth-order valence-electron chi connectivity index (χ4n) is 1.70. The first-order valence-corrected chi connectivity index (χ1v) is 7.08. The summed E-state index contributed by atoms with van der Waals surface area (Å²) in [6.07, 6.45) is 1.31. The molecule has 0 bridgehead atoms. The monoisotopic (exact) mass is 331 g/mol. The molecule has 23 heavy (non-hydrogen) atoms.